The molecule has 4 aromatic rings. The van der Waals surface area contributed by atoms with Crippen LogP contribution in [0.4, 0.5) is 22.7 Å². The molecule has 0 radical (unpaired) electrons. The third-order valence-corrected chi connectivity index (χ3v) is 8.76. The van der Waals surface area contributed by atoms with E-state index in [9.17, 15) is 18.4 Å². The number of carbonyl (C=O) groups excluding carboxylic acids is 2. The first-order valence-electron chi connectivity index (χ1n) is 15.5. The molecule has 1 fully saturated rings. The number of hydrogen-bond acceptors (Lipinski definition) is 9. The molecule has 1 unspecified atom stereocenters. The number of pyridine rings is 1. The van der Waals surface area contributed by atoms with Crippen molar-refractivity contribution in [2.24, 2.45) is 0 Å². The van der Waals surface area contributed by atoms with E-state index in [1.165, 1.54) is 11.4 Å². The molecule has 11 nitrogen and oxygen atoms in total. The van der Waals surface area contributed by atoms with E-state index in [1.807, 2.05) is 70.2 Å². The second-order valence-electron chi connectivity index (χ2n) is 12.2. The minimum Gasteiger partial charge on any atom is -0.755 e. The van der Waals surface area contributed by atoms with Gasteiger partial charge in [0, 0.05) is 54.2 Å². The van der Waals surface area contributed by atoms with Gasteiger partial charge in [-0.2, -0.15) is 0 Å². The largest absolute Gasteiger partial charge is 0.755 e. The lowest BCUT2D eigenvalue weighted by molar-refractivity contribution is -0.112. The fourth-order valence-electron chi connectivity index (χ4n) is 5.68. The van der Waals surface area contributed by atoms with Crippen LogP contribution in [0, 0.1) is 0 Å². The van der Waals surface area contributed by atoms with Gasteiger partial charge in [-0.25, -0.2) is 5.01 Å². The fraction of sp³-hybridized carbons (Fsp3) is 0.343. The Hall–Kier alpha value is -4.36. The van der Waals surface area contributed by atoms with E-state index in [2.05, 4.69) is 20.3 Å². The molecular formula is C35H40N5O6S-. The van der Waals surface area contributed by atoms with Gasteiger partial charge in [0.1, 0.15) is 0 Å². The maximum Gasteiger partial charge on any atom is 0.296 e. The van der Waals surface area contributed by atoms with Crippen molar-refractivity contribution in [3.8, 4) is 5.75 Å². The number of fused-ring (bicyclic) bond motifs is 1. The number of amides is 1. The number of ketones is 1. The van der Waals surface area contributed by atoms with Gasteiger partial charge in [0.25, 0.3) is 11.7 Å². The van der Waals surface area contributed by atoms with E-state index in [4.69, 9.17) is 9.47 Å². The SMILES string of the molecule is CCCN(c1cc(C(C)(C)C)cc(NC(=O)C(=O)c2ccc(N(c3ccncc3)N3CCOCC3)c3ccccc23)c1OC)S(=O)[O-]. The summed E-state index contributed by atoms with van der Waals surface area (Å²) in [6, 6.07) is 18.3. The van der Waals surface area contributed by atoms with Crippen LogP contribution < -0.4 is 19.4 Å². The number of Topliss-reactive ketones (excluding diaryl/α,β-unsaturated/α-hetero) is 1. The predicted octanol–water partition coefficient (Wildman–Crippen LogP) is 5.76. The number of rotatable bonds is 11. The van der Waals surface area contributed by atoms with Gasteiger partial charge >= 0.3 is 0 Å². The number of hydrogen-bond donors (Lipinski definition) is 1. The standard InChI is InChI=1S/C35H41N5O6S/c1-6-17-39(47(43)44)31-23-24(35(2,3)4)22-29(33(31)45-5)37-34(42)32(41)28-11-12-30(27-10-8-7-9-26(27)28)40(25-13-15-36-16-14-25)38-18-20-46-21-19-38/h7-16,22-23H,6,17-21H2,1-5H3,(H,37,42)(H,43,44)/p-1. The molecule has 47 heavy (non-hydrogen) atoms. The van der Waals surface area contributed by atoms with Crippen LogP contribution in [0.2, 0.25) is 0 Å². The van der Waals surface area contributed by atoms with E-state index in [0.29, 0.717) is 38.1 Å². The Morgan fingerprint density at radius 1 is 1.02 bits per heavy atom. The molecule has 1 N–H and O–H groups in total. The number of methoxy groups -OCH3 is 1. The molecule has 3 aromatic carbocycles. The molecular weight excluding hydrogens is 618 g/mol. The van der Waals surface area contributed by atoms with Gasteiger partial charge in [-0.15, -0.1) is 0 Å². The molecule has 5 rings (SSSR count). The van der Waals surface area contributed by atoms with E-state index < -0.39 is 28.4 Å². The third-order valence-electron chi connectivity index (χ3n) is 8.02. The third kappa shape index (κ3) is 7.31. The lowest BCUT2D eigenvalue weighted by atomic mass is 9.86. The van der Waals surface area contributed by atoms with Gasteiger partial charge in [0.2, 0.25) is 0 Å². The number of ether oxygens (including phenoxy) is 2. The number of aromatic nitrogens is 1. The highest BCUT2D eigenvalue weighted by Crippen LogP contribution is 2.42. The highest BCUT2D eigenvalue weighted by molar-refractivity contribution is 7.80. The molecule has 0 spiro atoms. The molecule has 0 bridgehead atoms. The Morgan fingerprint density at radius 3 is 2.32 bits per heavy atom. The zero-order valence-corrected chi connectivity index (χ0v) is 28.1. The van der Waals surface area contributed by atoms with Crippen LogP contribution in [0.15, 0.2) is 73.1 Å². The van der Waals surface area contributed by atoms with Crippen molar-refractivity contribution in [2.75, 3.05) is 54.6 Å². The van der Waals surface area contributed by atoms with Gasteiger partial charge in [0.15, 0.2) is 5.75 Å². The quantitative estimate of drug-likeness (QED) is 0.122. The van der Waals surface area contributed by atoms with Crippen molar-refractivity contribution in [1.29, 1.82) is 0 Å². The lowest BCUT2D eigenvalue weighted by Crippen LogP contribution is -2.46. The van der Waals surface area contributed by atoms with Crippen molar-refractivity contribution in [3.63, 3.8) is 0 Å². The number of anilines is 4. The van der Waals surface area contributed by atoms with Crippen molar-refractivity contribution in [2.45, 2.75) is 39.5 Å². The Morgan fingerprint density at radius 2 is 1.70 bits per heavy atom. The maximum absolute atomic E-state index is 13.9. The molecule has 2 heterocycles. The summed E-state index contributed by atoms with van der Waals surface area (Å²) in [6.45, 7) is 10.5. The zero-order valence-electron chi connectivity index (χ0n) is 27.3. The Bertz CT molecular complexity index is 1770. The first-order chi connectivity index (χ1) is 22.5. The second-order valence-corrected chi connectivity index (χ2v) is 13.1. The molecule has 1 aliphatic heterocycles. The number of hydrazine groups is 1. The summed E-state index contributed by atoms with van der Waals surface area (Å²) >= 11 is -2.59. The molecule has 1 aliphatic rings. The van der Waals surface area contributed by atoms with E-state index in [-0.39, 0.29) is 29.2 Å². The molecule has 1 amide bonds. The molecule has 1 atom stereocenters. The topological polar surface area (TPSA) is 127 Å². The molecule has 1 saturated heterocycles. The van der Waals surface area contributed by atoms with Crippen molar-refractivity contribution < 1.29 is 27.8 Å². The summed E-state index contributed by atoms with van der Waals surface area (Å²) in [5.74, 6) is -1.46. The highest BCUT2D eigenvalue weighted by atomic mass is 32.2. The van der Waals surface area contributed by atoms with E-state index >= 15 is 0 Å². The summed E-state index contributed by atoms with van der Waals surface area (Å²) in [6.07, 6.45) is 4.03. The average molecular weight is 659 g/mol. The molecule has 0 aliphatic carbocycles. The van der Waals surface area contributed by atoms with Gasteiger partial charge in [-0.05, 0) is 59.2 Å². The Balaban J connectivity index is 1.56. The van der Waals surface area contributed by atoms with E-state index in [1.54, 1.807) is 30.6 Å². The minimum atomic E-state index is -2.59. The van der Waals surface area contributed by atoms with Crippen molar-refractivity contribution >= 4 is 56.5 Å². The van der Waals surface area contributed by atoms with Gasteiger partial charge < -0.3 is 19.3 Å². The number of carbonyl (C=O) groups is 2. The summed E-state index contributed by atoms with van der Waals surface area (Å²) in [7, 11) is 1.40. The van der Waals surface area contributed by atoms with Crippen molar-refractivity contribution in [1.82, 2.24) is 9.99 Å². The lowest BCUT2D eigenvalue weighted by Gasteiger charge is -2.39. The summed E-state index contributed by atoms with van der Waals surface area (Å²) in [5.41, 5.74) is 2.83. The first-order valence-corrected chi connectivity index (χ1v) is 16.6. The van der Waals surface area contributed by atoms with Crippen LogP contribution in [-0.4, -0.2) is 70.4 Å². The van der Waals surface area contributed by atoms with Gasteiger partial charge in [0.05, 0.1) is 43.1 Å². The van der Waals surface area contributed by atoms with Crippen LogP contribution >= 0.6 is 0 Å². The van der Waals surface area contributed by atoms with Crippen LogP contribution in [0.3, 0.4) is 0 Å². The molecule has 248 valence electrons. The number of morpholine rings is 1. The summed E-state index contributed by atoms with van der Waals surface area (Å²) < 4.78 is 37.0. The van der Waals surface area contributed by atoms with Crippen LogP contribution in [0.1, 0.15) is 50.0 Å². The van der Waals surface area contributed by atoms with Gasteiger partial charge in [-0.1, -0.05) is 52.0 Å². The molecule has 0 saturated carbocycles. The average Bonchev–Trinajstić information content (AvgIpc) is 3.07. The number of nitrogens with one attached hydrogen (secondary N) is 1. The zero-order chi connectivity index (χ0) is 33.7. The highest BCUT2D eigenvalue weighted by Gasteiger charge is 2.28. The Kier molecular flexibility index (Phi) is 10.6. The predicted molar refractivity (Wildman–Crippen MR) is 184 cm³/mol. The molecule has 12 heteroatoms. The normalized spacial score (nSPS) is 14.4. The minimum absolute atomic E-state index is 0.149. The van der Waals surface area contributed by atoms with Crippen LogP contribution in [-0.2, 0) is 26.2 Å². The number of nitrogens with zero attached hydrogens (tertiary/aromatic N) is 4. The Labute approximate surface area is 277 Å². The fourth-order valence-corrected chi connectivity index (χ4v) is 6.31. The van der Waals surface area contributed by atoms with Crippen LogP contribution in [0.25, 0.3) is 10.8 Å². The second kappa shape index (κ2) is 14.6. The van der Waals surface area contributed by atoms with Crippen LogP contribution in [0.5, 0.6) is 5.75 Å². The molecule has 1 aromatic heterocycles. The van der Waals surface area contributed by atoms with E-state index in [0.717, 1.165) is 22.3 Å². The number of benzene rings is 3. The van der Waals surface area contributed by atoms with Gasteiger partial charge in [-0.3, -0.25) is 28.1 Å². The summed E-state index contributed by atoms with van der Waals surface area (Å²) in [5, 5.41) is 8.45. The first kappa shape index (κ1) is 34.0. The smallest absolute Gasteiger partial charge is 0.296 e. The maximum atomic E-state index is 13.9. The van der Waals surface area contributed by atoms with Crippen molar-refractivity contribution in [3.05, 3.63) is 84.2 Å². The monoisotopic (exact) mass is 658 g/mol. The summed E-state index contributed by atoms with van der Waals surface area (Å²) in [4.78, 5) is 31.8.